The monoisotopic (exact) mass is 162 g/mol. The molecular weight excluding hydrogens is 152 g/mol. The van der Waals surface area contributed by atoms with Crippen molar-refractivity contribution in [3.8, 4) is 0 Å². The van der Waals surface area contributed by atoms with Crippen LogP contribution >= 0.6 is 0 Å². The highest BCUT2D eigenvalue weighted by Crippen LogP contribution is 2.06. The quantitative estimate of drug-likeness (QED) is 0.462. The number of carbonyl (C=O) groups excluding carboxylic acids is 1. The molecule has 0 bridgehead atoms. The van der Waals surface area contributed by atoms with E-state index in [-0.39, 0.29) is 19.3 Å². The third-order valence-electron chi connectivity index (χ3n) is 1.17. The molecule has 2 unspecified atom stereocenters. The van der Waals surface area contributed by atoms with Crippen molar-refractivity contribution in [2.24, 2.45) is 0 Å². The first-order valence-electron chi connectivity index (χ1n) is 3.31. The molecule has 1 heterocycles. The van der Waals surface area contributed by atoms with E-state index < -0.39 is 12.4 Å². The fourth-order valence-corrected chi connectivity index (χ4v) is 0.694. The van der Waals surface area contributed by atoms with Gasteiger partial charge in [-0.05, 0) is 6.92 Å². The Kier molecular flexibility index (Phi) is 2.67. The summed E-state index contributed by atoms with van der Waals surface area (Å²) < 4.78 is 13.9. The van der Waals surface area contributed by atoms with Gasteiger partial charge in [0, 0.05) is 0 Å². The minimum atomic E-state index is -0.839. The normalized spacial score (nSPS) is 26.0. The topological polar surface area (TPSA) is 65.0 Å². The minimum absolute atomic E-state index is 0.170. The van der Waals surface area contributed by atoms with Crippen molar-refractivity contribution in [2.75, 3.05) is 13.2 Å². The molecule has 1 aliphatic rings. The average Bonchev–Trinajstić information content (AvgIpc) is 2.31. The molecule has 0 saturated carbocycles. The smallest absolute Gasteiger partial charge is 0.430 e. The molecular formula is C6H10O5. The second-order valence-corrected chi connectivity index (χ2v) is 2.23. The van der Waals surface area contributed by atoms with E-state index in [1.807, 2.05) is 0 Å². The fraction of sp³-hybridized carbons (Fsp3) is 0.833. The molecule has 2 atom stereocenters. The molecule has 0 aromatic carbocycles. The summed E-state index contributed by atoms with van der Waals surface area (Å²) in [6.07, 6.45) is -1.89. The lowest BCUT2D eigenvalue weighted by Crippen LogP contribution is -2.21. The number of aliphatic hydroxyl groups is 1. The summed E-state index contributed by atoms with van der Waals surface area (Å²) >= 11 is 0. The Bertz CT molecular complexity index is 144. The number of aliphatic hydroxyl groups excluding tert-OH is 1. The number of hydrogen-bond donors (Lipinski definition) is 1. The van der Waals surface area contributed by atoms with Crippen LogP contribution in [0.25, 0.3) is 0 Å². The summed E-state index contributed by atoms with van der Waals surface area (Å²) in [5.41, 5.74) is 0. The summed E-state index contributed by atoms with van der Waals surface area (Å²) in [4.78, 5) is 10.3. The standard InChI is InChI=1S/C6H10O5/c1-4(7)9-2-5-3-10-6(8)11-5/h4-5,7H,2-3H2,1H3. The molecule has 0 spiro atoms. The first kappa shape index (κ1) is 8.29. The summed E-state index contributed by atoms with van der Waals surface area (Å²) in [7, 11) is 0. The van der Waals surface area contributed by atoms with Gasteiger partial charge < -0.3 is 19.3 Å². The zero-order valence-electron chi connectivity index (χ0n) is 6.15. The van der Waals surface area contributed by atoms with Gasteiger partial charge in [0.05, 0.1) is 6.61 Å². The van der Waals surface area contributed by atoms with E-state index in [9.17, 15) is 4.79 Å². The molecule has 5 heteroatoms. The van der Waals surface area contributed by atoms with Crippen molar-refractivity contribution in [3.63, 3.8) is 0 Å². The minimum Gasteiger partial charge on any atom is -0.430 e. The van der Waals surface area contributed by atoms with Crippen LogP contribution in [0.2, 0.25) is 0 Å². The number of hydrogen-bond acceptors (Lipinski definition) is 5. The zero-order valence-corrected chi connectivity index (χ0v) is 6.15. The number of ether oxygens (including phenoxy) is 3. The Morgan fingerprint density at radius 2 is 2.64 bits per heavy atom. The summed E-state index contributed by atoms with van der Waals surface area (Å²) in [5.74, 6) is 0. The highest BCUT2D eigenvalue weighted by molar-refractivity contribution is 5.61. The molecule has 11 heavy (non-hydrogen) atoms. The van der Waals surface area contributed by atoms with Gasteiger partial charge in [-0.1, -0.05) is 0 Å². The third kappa shape index (κ3) is 2.73. The van der Waals surface area contributed by atoms with Crippen LogP contribution in [0.5, 0.6) is 0 Å². The van der Waals surface area contributed by atoms with Gasteiger partial charge in [0.25, 0.3) is 0 Å². The number of rotatable bonds is 3. The van der Waals surface area contributed by atoms with E-state index in [2.05, 4.69) is 9.47 Å². The molecule has 1 aliphatic heterocycles. The Hall–Kier alpha value is -0.810. The Morgan fingerprint density at radius 3 is 3.09 bits per heavy atom. The van der Waals surface area contributed by atoms with Crippen molar-refractivity contribution >= 4 is 6.16 Å². The zero-order chi connectivity index (χ0) is 8.27. The van der Waals surface area contributed by atoms with Crippen molar-refractivity contribution in [2.45, 2.75) is 19.3 Å². The molecule has 0 aliphatic carbocycles. The Balaban J connectivity index is 2.13. The van der Waals surface area contributed by atoms with Crippen LogP contribution in [0.15, 0.2) is 0 Å². The van der Waals surface area contributed by atoms with Crippen LogP contribution in [0.3, 0.4) is 0 Å². The van der Waals surface area contributed by atoms with E-state index in [4.69, 9.17) is 9.84 Å². The van der Waals surface area contributed by atoms with Gasteiger partial charge in [-0.2, -0.15) is 0 Å². The summed E-state index contributed by atoms with van der Waals surface area (Å²) in [6.45, 7) is 1.85. The number of carbonyl (C=O) groups is 1. The predicted octanol–water partition coefficient (Wildman–Crippen LogP) is -0.123. The molecule has 5 nitrogen and oxygen atoms in total. The first-order valence-corrected chi connectivity index (χ1v) is 3.31. The lowest BCUT2D eigenvalue weighted by molar-refractivity contribution is -0.105. The van der Waals surface area contributed by atoms with Gasteiger partial charge in [-0.25, -0.2) is 4.79 Å². The Labute approximate surface area is 63.9 Å². The first-order chi connectivity index (χ1) is 5.18. The molecule has 1 saturated heterocycles. The molecule has 0 radical (unpaired) electrons. The highest BCUT2D eigenvalue weighted by atomic mass is 16.8. The average molecular weight is 162 g/mol. The molecule has 0 amide bonds. The maximum Gasteiger partial charge on any atom is 0.508 e. The van der Waals surface area contributed by atoms with Gasteiger partial charge in [-0.3, -0.25) is 0 Å². The second-order valence-electron chi connectivity index (χ2n) is 2.23. The van der Waals surface area contributed by atoms with Gasteiger partial charge in [-0.15, -0.1) is 0 Å². The van der Waals surface area contributed by atoms with Crippen molar-refractivity contribution in [1.29, 1.82) is 0 Å². The van der Waals surface area contributed by atoms with E-state index >= 15 is 0 Å². The summed E-state index contributed by atoms with van der Waals surface area (Å²) in [5, 5.41) is 8.68. The SMILES string of the molecule is CC(O)OCC1COC(=O)O1. The predicted molar refractivity (Wildman–Crippen MR) is 33.9 cm³/mol. The Morgan fingerprint density at radius 1 is 1.91 bits per heavy atom. The van der Waals surface area contributed by atoms with E-state index in [1.165, 1.54) is 6.92 Å². The molecule has 0 aromatic heterocycles. The molecule has 1 fully saturated rings. The van der Waals surface area contributed by atoms with E-state index in [0.717, 1.165) is 0 Å². The molecule has 0 aromatic rings. The lowest BCUT2D eigenvalue weighted by Gasteiger charge is -2.08. The molecule has 1 N–H and O–H groups in total. The van der Waals surface area contributed by atoms with Crippen LogP contribution in [-0.4, -0.2) is 36.9 Å². The van der Waals surface area contributed by atoms with Crippen LogP contribution in [0.4, 0.5) is 4.79 Å². The second kappa shape index (κ2) is 3.54. The van der Waals surface area contributed by atoms with Crippen molar-refractivity contribution in [1.82, 2.24) is 0 Å². The largest absolute Gasteiger partial charge is 0.508 e. The van der Waals surface area contributed by atoms with Gasteiger partial charge in [0.1, 0.15) is 6.61 Å². The van der Waals surface area contributed by atoms with Gasteiger partial charge in [0.15, 0.2) is 12.4 Å². The van der Waals surface area contributed by atoms with Crippen molar-refractivity contribution < 1.29 is 24.1 Å². The van der Waals surface area contributed by atoms with Crippen LogP contribution < -0.4 is 0 Å². The fourth-order valence-electron chi connectivity index (χ4n) is 0.694. The van der Waals surface area contributed by atoms with Crippen LogP contribution in [0.1, 0.15) is 6.92 Å². The highest BCUT2D eigenvalue weighted by Gasteiger charge is 2.25. The van der Waals surface area contributed by atoms with Crippen LogP contribution in [-0.2, 0) is 14.2 Å². The van der Waals surface area contributed by atoms with Crippen LogP contribution in [0, 0.1) is 0 Å². The molecule has 1 rings (SSSR count). The maximum absolute atomic E-state index is 10.3. The maximum atomic E-state index is 10.3. The lowest BCUT2D eigenvalue weighted by atomic mass is 10.4. The number of cyclic esters (lactones) is 2. The third-order valence-corrected chi connectivity index (χ3v) is 1.17. The van der Waals surface area contributed by atoms with E-state index in [0.29, 0.717) is 0 Å². The van der Waals surface area contributed by atoms with E-state index in [1.54, 1.807) is 0 Å². The van der Waals surface area contributed by atoms with Gasteiger partial charge in [0.2, 0.25) is 0 Å². The van der Waals surface area contributed by atoms with Gasteiger partial charge >= 0.3 is 6.16 Å². The van der Waals surface area contributed by atoms with Crippen molar-refractivity contribution in [3.05, 3.63) is 0 Å². The molecule has 64 valence electrons. The summed E-state index contributed by atoms with van der Waals surface area (Å²) in [6, 6.07) is 0.